The Bertz CT molecular complexity index is 1010. The maximum Gasteiger partial charge on any atom is 0.243 e. The van der Waals surface area contributed by atoms with Crippen molar-refractivity contribution in [3.63, 3.8) is 0 Å². The molecule has 2 aliphatic rings. The van der Waals surface area contributed by atoms with Gasteiger partial charge in [-0.3, -0.25) is 0 Å². The van der Waals surface area contributed by atoms with Crippen LogP contribution < -0.4 is 4.72 Å². The van der Waals surface area contributed by atoms with E-state index in [1.165, 1.54) is 28.6 Å². The van der Waals surface area contributed by atoms with E-state index < -0.39 is 20.0 Å². The molecule has 2 aromatic rings. The van der Waals surface area contributed by atoms with Crippen molar-refractivity contribution in [2.24, 2.45) is 0 Å². The molecule has 1 aliphatic heterocycles. The Kier molecular flexibility index (Phi) is 5.34. The van der Waals surface area contributed by atoms with Gasteiger partial charge < -0.3 is 4.42 Å². The number of rotatable bonds is 6. The summed E-state index contributed by atoms with van der Waals surface area (Å²) in [6.07, 6.45) is 6.62. The Morgan fingerprint density at radius 1 is 0.893 bits per heavy atom. The Labute approximate surface area is 165 Å². The number of nitrogens with one attached hydrogen (secondary N) is 1. The lowest BCUT2D eigenvalue weighted by atomic mass is 10.1. The van der Waals surface area contributed by atoms with E-state index in [1.54, 1.807) is 18.4 Å². The molecule has 0 radical (unpaired) electrons. The summed E-state index contributed by atoms with van der Waals surface area (Å²) >= 11 is 0. The van der Waals surface area contributed by atoms with Crippen molar-refractivity contribution in [3.8, 4) is 0 Å². The maximum absolute atomic E-state index is 13.3. The van der Waals surface area contributed by atoms with Crippen LogP contribution in [0.3, 0.4) is 0 Å². The Morgan fingerprint density at radius 2 is 1.61 bits per heavy atom. The minimum Gasteiger partial charge on any atom is -0.468 e. The summed E-state index contributed by atoms with van der Waals surface area (Å²) in [5.41, 5.74) is 0. The van der Waals surface area contributed by atoms with Crippen LogP contribution in [0, 0.1) is 0 Å². The maximum atomic E-state index is 13.3. The van der Waals surface area contributed by atoms with Gasteiger partial charge in [-0.15, -0.1) is 0 Å². The number of benzene rings is 1. The highest BCUT2D eigenvalue weighted by Gasteiger charge is 2.35. The van der Waals surface area contributed by atoms with Crippen LogP contribution in [0.1, 0.15) is 50.3 Å². The molecule has 0 amide bonds. The molecule has 1 N–H and O–H groups in total. The van der Waals surface area contributed by atoms with Crippen molar-refractivity contribution in [1.29, 1.82) is 0 Å². The summed E-state index contributed by atoms with van der Waals surface area (Å²) < 4.78 is 60.9. The minimum absolute atomic E-state index is 0.000404. The summed E-state index contributed by atoms with van der Waals surface area (Å²) in [6, 6.07) is 8.69. The summed E-state index contributed by atoms with van der Waals surface area (Å²) in [5.74, 6) is 0.637. The zero-order valence-electron chi connectivity index (χ0n) is 15.5. The monoisotopic (exact) mass is 424 g/mol. The van der Waals surface area contributed by atoms with Crippen LogP contribution in [0.2, 0.25) is 0 Å². The average Bonchev–Trinajstić information content (AvgIpc) is 3.38. The standard InChI is InChI=1S/C19H24N2O5S2/c22-27(23,20-15-7-8-15)16-9-11-17(12-10-16)28(24,25)21-13-3-1-2-5-18(21)19-6-4-14-26-19/h4,6,9-12,14-15,18,20H,1-3,5,7-8,13H2. The van der Waals surface area contributed by atoms with Crippen LogP contribution in [0.25, 0.3) is 0 Å². The Hall–Kier alpha value is -1.68. The number of sulfonamides is 2. The van der Waals surface area contributed by atoms with Crippen molar-refractivity contribution in [1.82, 2.24) is 9.03 Å². The van der Waals surface area contributed by atoms with Gasteiger partial charge >= 0.3 is 0 Å². The van der Waals surface area contributed by atoms with Crippen LogP contribution in [-0.4, -0.2) is 33.7 Å². The molecule has 1 aromatic carbocycles. The quantitative estimate of drug-likeness (QED) is 0.769. The van der Waals surface area contributed by atoms with E-state index >= 15 is 0 Å². The van der Waals surface area contributed by atoms with Gasteiger partial charge in [0, 0.05) is 12.6 Å². The topological polar surface area (TPSA) is 96.7 Å². The first-order valence-electron chi connectivity index (χ1n) is 9.55. The number of furan rings is 1. The molecule has 152 valence electrons. The zero-order valence-corrected chi connectivity index (χ0v) is 17.1. The van der Waals surface area contributed by atoms with E-state index in [0.717, 1.165) is 32.1 Å². The fourth-order valence-corrected chi connectivity index (χ4v) is 6.52. The lowest BCUT2D eigenvalue weighted by Crippen LogP contribution is -2.34. The van der Waals surface area contributed by atoms with E-state index in [1.807, 2.05) is 0 Å². The second-order valence-electron chi connectivity index (χ2n) is 7.36. The fraction of sp³-hybridized carbons (Fsp3) is 0.474. The van der Waals surface area contributed by atoms with Crippen molar-refractivity contribution >= 4 is 20.0 Å². The Morgan fingerprint density at radius 3 is 2.25 bits per heavy atom. The first-order valence-corrected chi connectivity index (χ1v) is 12.5. The lowest BCUT2D eigenvalue weighted by Gasteiger charge is -2.27. The SMILES string of the molecule is O=S(=O)(NC1CC1)c1ccc(S(=O)(=O)N2CCCCCC2c2ccco2)cc1. The minimum atomic E-state index is -3.78. The van der Waals surface area contributed by atoms with E-state index in [0.29, 0.717) is 18.7 Å². The molecule has 9 heteroatoms. The van der Waals surface area contributed by atoms with Gasteiger partial charge in [0.15, 0.2) is 0 Å². The summed E-state index contributed by atoms with van der Waals surface area (Å²) in [6.45, 7) is 0.414. The van der Waals surface area contributed by atoms with Crippen molar-refractivity contribution in [2.75, 3.05) is 6.54 Å². The van der Waals surface area contributed by atoms with Gasteiger partial charge in [0.1, 0.15) is 5.76 Å². The van der Waals surface area contributed by atoms with Crippen LogP contribution >= 0.6 is 0 Å². The molecule has 7 nitrogen and oxygen atoms in total. The number of hydrogen-bond acceptors (Lipinski definition) is 5. The number of hydrogen-bond donors (Lipinski definition) is 1. The van der Waals surface area contributed by atoms with Crippen LogP contribution in [0.5, 0.6) is 0 Å². The summed E-state index contributed by atoms with van der Waals surface area (Å²) in [7, 11) is -7.39. The molecule has 1 unspecified atom stereocenters. The third kappa shape index (κ3) is 4.03. The first kappa shape index (κ1) is 19.6. The molecule has 2 heterocycles. The highest BCUT2D eigenvalue weighted by molar-refractivity contribution is 7.89. The van der Waals surface area contributed by atoms with Crippen LogP contribution in [-0.2, 0) is 20.0 Å². The molecule has 1 saturated carbocycles. The van der Waals surface area contributed by atoms with E-state index in [9.17, 15) is 16.8 Å². The average molecular weight is 425 g/mol. The van der Waals surface area contributed by atoms with Gasteiger partial charge in [0.25, 0.3) is 0 Å². The van der Waals surface area contributed by atoms with Crippen LogP contribution in [0.4, 0.5) is 0 Å². The molecule has 1 atom stereocenters. The van der Waals surface area contributed by atoms with Crippen LogP contribution in [0.15, 0.2) is 56.9 Å². The lowest BCUT2D eigenvalue weighted by molar-refractivity contribution is 0.285. The molecule has 1 aliphatic carbocycles. The predicted octanol–water partition coefficient (Wildman–Crippen LogP) is 3.03. The van der Waals surface area contributed by atoms with Crippen molar-refractivity contribution < 1.29 is 21.3 Å². The predicted molar refractivity (Wildman–Crippen MR) is 104 cm³/mol. The van der Waals surface area contributed by atoms with Gasteiger partial charge in [-0.2, -0.15) is 4.31 Å². The first-order chi connectivity index (χ1) is 13.4. The molecule has 28 heavy (non-hydrogen) atoms. The normalized spacial score (nSPS) is 22.1. The molecule has 1 saturated heterocycles. The molecular formula is C19H24N2O5S2. The van der Waals surface area contributed by atoms with Gasteiger partial charge in [-0.25, -0.2) is 21.6 Å². The highest BCUT2D eigenvalue weighted by atomic mass is 32.2. The fourth-order valence-electron chi connectivity index (χ4n) is 3.55. The van der Waals surface area contributed by atoms with Crippen molar-refractivity contribution in [3.05, 3.63) is 48.4 Å². The second-order valence-corrected chi connectivity index (χ2v) is 11.0. The molecule has 0 bridgehead atoms. The van der Waals surface area contributed by atoms with Gasteiger partial charge in [-0.1, -0.05) is 12.8 Å². The smallest absolute Gasteiger partial charge is 0.243 e. The van der Waals surface area contributed by atoms with E-state index in [4.69, 9.17) is 4.42 Å². The third-order valence-corrected chi connectivity index (χ3v) is 8.67. The van der Waals surface area contributed by atoms with E-state index in [-0.39, 0.29) is 21.9 Å². The van der Waals surface area contributed by atoms with Gasteiger partial charge in [-0.05, 0) is 62.1 Å². The molecular weight excluding hydrogens is 400 g/mol. The molecule has 4 rings (SSSR count). The summed E-state index contributed by atoms with van der Waals surface area (Å²) in [4.78, 5) is 0.174. The van der Waals surface area contributed by atoms with E-state index in [2.05, 4.69) is 4.72 Å². The molecule has 0 spiro atoms. The van der Waals surface area contributed by atoms with Gasteiger partial charge in [0.2, 0.25) is 20.0 Å². The largest absolute Gasteiger partial charge is 0.468 e. The van der Waals surface area contributed by atoms with Gasteiger partial charge in [0.05, 0.1) is 22.1 Å². The third-order valence-electron chi connectivity index (χ3n) is 5.22. The Balaban J connectivity index is 1.62. The molecule has 1 aromatic heterocycles. The highest BCUT2D eigenvalue weighted by Crippen LogP contribution is 2.35. The zero-order chi connectivity index (χ0) is 19.8. The second kappa shape index (κ2) is 7.62. The number of nitrogens with zero attached hydrogens (tertiary/aromatic N) is 1. The van der Waals surface area contributed by atoms with Crippen molar-refractivity contribution in [2.45, 2.75) is 60.4 Å². The summed E-state index contributed by atoms with van der Waals surface area (Å²) in [5, 5.41) is 0. The molecule has 2 fully saturated rings.